The average molecular weight is 491 g/mol. The highest BCUT2D eigenvalue weighted by Gasteiger charge is 2.52. The molecule has 2 aliphatic heterocycles. The van der Waals surface area contributed by atoms with Gasteiger partial charge in [0.25, 0.3) is 0 Å². The molecule has 5 atom stereocenters. The summed E-state index contributed by atoms with van der Waals surface area (Å²) in [5.74, 6) is -1.69. The predicted molar refractivity (Wildman–Crippen MR) is 125 cm³/mol. The van der Waals surface area contributed by atoms with Crippen molar-refractivity contribution in [1.82, 2.24) is 0 Å². The second-order valence-corrected chi connectivity index (χ2v) is 9.88. The molecule has 10 nitrogen and oxygen atoms in total. The summed E-state index contributed by atoms with van der Waals surface area (Å²) in [6.07, 6.45) is -3.75. The number of hydrogen-bond donors (Lipinski definition) is 1. The zero-order valence-corrected chi connectivity index (χ0v) is 21.2. The second kappa shape index (κ2) is 10.3. The van der Waals surface area contributed by atoms with Gasteiger partial charge in [0.05, 0.1) is 17.2 Å². The van der Waals surface area contributed by atoms with Gasteiger partial charge in [-0.25, -0.2) is 0 Å². The normalized spacial score (nSPS) is 29.4. The number of carbonyl (C=O) groups is 3. The molecule has 2 fully saturated rings. The molecule has 0 bridgehead atoms. The summed E-state index contributed by atoms with van der Waals surface area (Å²) < 4.78 is 34.7. The van der Waals surface area contributed by atoms with Gasteiger partial charge in [-0.05, 0) is 38.7 Å². The van der Waals surface area contributed by atoms with E-state index < -0.39 is 66.7 Å². The van der Waals surface area contributed by atoms with Gasteiger partial charge in [0.1, 0.15) is 18.8 Å². The molecular weight excluding hydrogens is 457 g/mol. The van der Waals surface area contributed by atoms with Crippen LogP contribution in [0.1, 0.15) is 60.1 Å². The molecule has 2 heterocycles. The molecule has 2 aliphatic rings. The highest BCUT2D eigenvalue weighted by molar-refractivity contribution is 6.62. The number of nitrogens with two attached hydrogens (primary N) is 1. The van der Waals surface area contributed by atoms with Gasteiger partial charge in [-0.2, -0.15) is 0 Å². The third-order valence-electron chi connectivity index (χ3n) is 6.57. The van der Waals surface area contributed by atoms with Gasteiger partial charge < -0.3 is 34.0 Å². The van der Waals surface area contributed by atoms with E-state index in [2.05, 4.69) is 0 Å². The van der Waals surface area contributed by atoms with Gasteiger partial charge in [0, 0.05) is 20.8 Å². The summed E-state index contributed by atoms with van der Waals surface area (Å²) in [5.41, 5.74) is 6.63. The zero-order chi connectivity index (χ0) is 26.1. The molecule has 1 aromatic rings. The second-order valence-electron chi connectivity index (χ2n) is 9.88. The van der Waals surface area contributed by atoms with Crippen LogP contribution in [-0.2, 0) is 42.6 Å². The molecule has 192 valence electrons. The lowest BCUT2D eigenvalue weighted by Gasteiger charge is -2.44. The molecule has 2 saturated heterocycles. The molecular formula is C24H34BNO9. The van der Waals surface area contributed by atoms with Crippen molar-refractivity contribution < 1.29 is 42.6 Å². The molecule has 0 radical (unpaired) electrons. The van der Waals surface area contributed by atoms with E-state index in [4.69, 9.17) is 34.0 Å². The lowest BCUT2D eigenvalue weighted by atomic mass is 9.77. The van der Waals surface area contributed by atoms with Crippen LogP contribution < -0.4 is 11.2 Å². The summed E-state index contributed by atoms with van der Waals surface area (Å²) in [6, 6.07) is 6.38. The number of rotatable bonds is 6. The van der Waals surface area contributed by atoms with Gasteiger partial charge in [0.15, 0.2) is 12.2 Å². The maximum absolute atomic E-state index is 12.0. The largest absolute Gasteiger partial charge is 0.494 e. The first kappa shape index (κ1) is 27.1. The zero-order valence-electron chi connectivity index (χ0n) is 21.2. The van der Waals surface area contributed by atoms with E-state index in [9.17, 15) is 14.4 Å². The Kier molecular flexibility index (Phi) is 7.95. The minimum absolute atomic E-state index is 0.158. The molecule has 35 heavy (non-hydrogen) atoms. The summed E-state index contributed by atoms with van der Waals surface area (Å²) in [5, 5.41) is 0. The Labute approximate surface area is 205 Å². The fourth-order valence-corrected chi connectivity index (χ4v) is 4.10. The quantitative estimate of drug-likeness (QED) is 0.351. The molecule has 2 N–H and O–H groups in total. The number of carbonyl (C=O) groups excluding carboxylic acids is 3. The van der Waals surface area contributed by atoms with Crippen LogP contribution in [0.25, 0.3) is 0 Å². The van der Waals surface area contributed by atoms with Crippen LogP contribution in [-0.4, -0.2) is 67.2 Å². The Morgan fingerprint density at radius 2 is 1.51 bits per heavy atom. The minimum atomic E-state index is -1.03. The Morgan fingerprint density at radius 3 is 2.06 bits per heavy atom. The molecule has 0 aliphatic carbocycles. The smallest absolute Gasteiger partial charge is 0.463 e. The molecule has 0 saturated carbocycles. The van der Waals surface area contributed by atoms with Crippen LogP contribution >= 0.6 is 0 Å². The van der Waals surface area contributed by atoms with Crippen molar-refractivity contribution in [1.29, 1.82) is 0 Å². The van der Waals surface area contributed by atoms with E-state index in [1.807, 2.05) is 39.8 Å². The monoisotopic (exact) mass is 491 g/mol. The standard InChI is InChI=1S/C24H34BNO9/c1-13(27)30-12-18-19(26)21(31-14(2)28)22(32-15(3)29)20(33-18)16-9-8-10-17(11-16)25-34-23(4,5)24(6,7)35-25/h8-11,18-22H,12,26H2,1-7H3. The van der Waals surface area contributed by atoms with Crippen molar-refractivity contribution in [2.45, 2.75) is 90.1 Å². The fraction of sp³-hybridized carbons (Fsp3) is 0.625. The van der Waals surface area contributed by atoms with Gasteiger partial charge >= 0.3 is 25.0 Å². The van der Waals surface area contributed by atoms with Crippen molar-refractivity contribution in [3.63, 3.8) is 0 Å². The van der Waals surface area contributed by atoms with E-state index in [0.717, 1.165) is 5.46 Å². The number of esters is 3. The van der Waals surface area contributed by atoms with Crippen molar-refractivity contribution in [3.05, 3.63) is 29.8 Å². The minimum Gasteiger partial charge on any atom is -0.463 e. The summed E-state index contributed by atoms with van der Waals surface area (Å²) in [4.78, 5) is 35.3. The Morgan fingerprint density at radius 1 is 0.943 bits per heavy atom. The van der Waals surface area contributed by atoms with Gasteiger partial charge in [-0.3, -0.25) is 14.4 Å². The van der Waals surface area contributed by atoms with Crippen LogP contribution in [0, 0.1) is 0 Å². The highest BCUT2D eigenvalue weighted by Crippen LogP contribution is 2.38. The van der Waals surface area contributed by atoms with Crippen molar-refractivity contribution in [3.8, 4) is 0 Å². The summed E-state index contributed by atoms with van der Waals surface area (Å²) in [7, 11) is -0.626. The first-order valence-electron chi connectivity index (χ1n) is 11.6. The van der Waals surface area contributed by atoms with Gasteiger partial charge in [-0.1, -0.05) is 24.3 Å². The fourth-order valence-electron chi connectivity index (χ4n) is 4.10. The Bertz CT molecular complexity index is 950. The molecule has 0 spiro atoms. The van der Waals surface area contributed by atoms with Crippen molar-refractivity contribution in [2.24, 2.45) is 5.73 Å². The van der Waals surface area contributed by atoms with Gasteiger partial charge in [0.2, 0.25) is 0 Å². The average Bonchev–Trinajstić information content (AvgIpc) is 2.96. The third-order valence-corrected chi connectivity index (χ3v) is 6.57. The van der Waals surface area contributed by atoms with Gasteiger partial charge in [-0.15, -0.1) is 0 Å². The van der Waals surface area contributed by atoms with E-state index in [0.29, 0.717) is 5.56 Å². The number of ether oxygens (including phenoxy) is 4. The van der Waals surface area contributed by atoms with Crippen LogP contribution in [0.3, 0.4) is 0 Å². The third kappa shape index (κ3) is 6.03. The first-order chi connectivity index (χ1) is 16.2. The van der Waals surface area contributed by atoms with E-state index >= 15 is 0 Å². The number of hydrogen-bond acceptors (Lipinski definition) is 10. The predicted octanol–water partition coefficient (Wildman–Crippen LogP) is 1.18. The molecule has 5 unspecified atom stereocenters. The lowest BCUT2D eigenvalue weighted by molar-refractivity contribution is -0.220. The van der Waals surface area contributed by atoms with Crippen molar-refractivity contribution >= 4 is 30.5 Å². The van der Waals surface area contributed by atoms with Crippen molar-refractivity contribution in [2.75, 3.05) is 6.61 Å². The molecule has 1 aromatic carbocycles. The van der Waals surface area contributed by atoms with E-state index in [1.165, 1.54) is 20.8 Å². The van der Waals surface area contributed by atoms with E-state index in [1.54, 1.807) is 12.1 Å². The maximum Gasteiger partial charge on any atom is 0.494 e. The Balaban J connectivity index is 1.98. The van der Waals surface area contributed by atoms with Crippen LogP contribution in [0.4, 0.5) is 0 Å². The molecule has 0 aromatic heterocycles. The summed E-state index contributed by atoms with van der Waals surface area (Å²) in [6.45, 7) is 11.4. The van der Waals surface area contributed by atoms with Crippen LogP contribution in [0.2, 0.25) is 0 Å². The first-order valence-corrected chi connectivity index (χ1v) is 11.6. The molecule has 11 heteroatoms. The van der Waals surface area contributed by atoms with Crippen LogP contribution in [0.5, 0.6) is 0 Å². The SMILES string of the molecule is CC(=O)OCC1OC(c2cccc(B3OC(C)(C)C(C)(C)O3)c2)C(OC(C)=O)C(OC(C)=O)C1N. The summed E-state index contributed by atoms with van der Waals surface area (Å²) >= 11 is 0. The highest BCUT2D eigenvalue weighted by atomic mass is 16.7. The molecule has 3 rings (SSSR count). The number of benzene rings is 1. The maximum atomic E-state index is 12.0. The lowest BCUT2D eigenvalue weighted by Crippen LogP contribution is -2.61. The topological polar surface area (TPSA) is 133 Å². The van der Waals surface area contributed by atoms with Crippen LogP contribution in [0.15, 0.2) is 24.3 Å². The molecule has 0 amide bonds. The Hall–Kier alpha value is -2.47. The van der Waals surface area contributed by atoms with E-state index in [-0.39, 0.29) is 6.61 Å².